The molecular weight excluding hydrogens is 146 g/mol. The minimum Gasteiger partial charge on any atom is -0.366 e. The Labute approximate surface area is 64.3 Å². The molecule has 1 aliphatic rings. The molecule has 0 aromatic heterocycles. The summed E-state index contributed by atoms with van der Waals surface area (Å²) in [5, 5.41) is 13.1. The molecule has 0 spiro atoms. The lowest BCUT2D eigenvalue weighted by Crippen LogP contribution is -2.46. The van der Waals surface area contributed by atoms with Crippen molar-refractivity contribution in [3.63, 3.8) is 0 Å². The van der Waals surface area contributed by atoms with Gasteiger partial charge in [0.2, 0.25) is 0 Å². The van der Waals surface area contributed by atoms with Gasteiger partial charge in [0.15, 0.2) is 6.19 Å². The summed E-state index contributed by atoms with van der Waals surface area (Å²) in [7, 11) is 0. The van der Waals surface area contributed by atoms with Crippen LogP contribution in [0.5, 0.6) is 0 Å². The van der Waals surface area contributed by atoms with Crippen molar-refractivity contribution in [3.05, 3.63) is 0 Å². The Balaban J connectivity index is 2.34. The van der Waals surface area contributed by atoms with Gasteiger partial charge in [0, 0.05) is 13.1 Å². The Kier molecular flexibility index (Phi) is 2.83. The van der Waals surface area contributed by atoms with Crippen LogP contribution in [-0.2, 0) is 9.53 Å². The van der Waals surface area contributed by atoms with Crippen molar-refractivity contribution in [2.24, 2.45) is 0 Å². The molecule has 0 aromatic rings. The topological polar surface area (TPSA) is 74.2 Å². The summed E-state index contributed by atoms with van der Waals surface area (Å²) < 4.78 is 5.07. The van der Waals surface area contributed by atoms with E-state index in [9.17, 15) is 4.79 Å². The highest BCUT2D eigenvalue weighted by atomic mass is 16.5. The molecule has 11 heavy (non-hydrogen) atoms. The maximum Gasteiger partial charge on any atom is 0.263 e. The van der Waals surface area contributed by atoms with Crippen LogP contribution in [0.2, 0.25) is 0 Å². The fraction of sp³-hybridized carbons (Fsp3) is 0.667. The molecule has 0 aromatic carbocycles. The highest BCUT2D eigenvalue weighted by Crippen LogP contribution is 1.94. The minimum absolute atomic E-state index is 0.375. The molecule has 1 aliphatic heterocycles. The molecule has 1 atom stereocenters. The van der Waals surface area contributed by atoms with Crippen molar-refractivity contribution in [3.8, 4) is 6.19 Å². The van der Waals surface area contributed by atoms with Crippen LogP contribution in [0.3, 0.4) is 0 Å². The molecule has 1 rings (SSSR count). The van der Waals surface area contributed by atoms with E-state index >= 15 is 0 Å². The number of rotatable bonds is 1. The first-order valence-electron chi connectivity index (χ1n) is 3.36. The SMILES string of the molecule is N#CNC(=O)C1CNCCO1. The fourth-order valence-electron chi connectivity index (χ4n) is 0.869. The molecule has 1 amide bonds. The number of nitriles is 1. The third kappa shape index (κ3) is 2.18. The molecule has 0 aliphatic carbocycles. The van der Waals surface area contributed by atoms with Gasteiger partial charge in [-0.15, -0.1) is 0 Å². The monoisotopic (exact) mass is 155 g/mol. The van der Waals surface area contributed by atoms with E-state index in [1.54, 1.807) is 6.19 Å². The molecule has 60 valence electrons. The van der Waals surface area contributed by atoms with E-state index in [0.29, 0.717) is 13.2 Å². The number of hydrogen-bond donors (Lipinski definition) is 2. The zero-order chi connectivity index (χ0) is 8.10. The van der Waals surface area contributed by atoms with Gasteiger partial charge >= 0.3 is 0 Å². The standard InChI is InChI=1S/C6H9N3O2/c7-4-9-6(10)5-3-8-1-2-11-5/h5,8H,1-3H2,(H,9,10). The molecule has 0 bridgehead atoms. The van der Waals surface area contributed by atoms with E-state index in [4.69, 9.17) is 10.00 Å². The molecule has 5 nitrogen and oxygen atoms in total. The second kappa shape index (κ2) is 3.91. The Morgan fingerprint density at radius 3 is 3.18 bits per heavy atom. The predicted molar refractivity (Wildman–Crippen MR) is 36.4 cm³/mol. The molecule has 0 radical (unpaired) electrons. The number of nitrogens with zero attached hydrogens (tertiary/aromatic N) is 1. The van der Waals surface area contributed by atoms with Crippen molar-refractivity contribution in [2.45, 2.75) is 6.10 Å². The molecule has 5 heteroatoms. The van der Waals surface area contributed by atoms with Crippen LogP contribution >= 0.6 is 0 Å². The molecule has 1 saturated heterocycles. The molecule has 0 saturated carbocycles. The number of carbonyl (C=O) groups excluding carboxylic acids is 1. The fourth-order valence-corrected chi connectivity index (χ4v) is 0.869. The molecule has 1 fully saturated rings. The van der Waals surface area contributed by atoms with Gasteiger partial charge in [-0.05, 0) is 0 Å². The second-order valence-corrected chi connectivity index (χ2v) is 2.16. The van der Waals surface area contributed by atoms with Crippen LogP contribution in [0.1, 0.15) is 0 Å². The summed E-state index contributed by atoms with van der Waals surface area (Å²) in [6.45, 7) is 1.76. The van der Waals surface area contributed by atoms with Gasteiger partial charge in [0.1, 0.15) is 6.10 Å². The minimum atomic E-state index is -0.511. The number of ether oxygens (including phenoxy) is 1. The first-order valence-corrected chi connectivity index (χ1v) is 3.36. The molecule has 2 N–H and O–H groups in total. The second-order valence-electron chi connectivity index (χ2n) is 2.16. The maximum atomic E-state index is 10.9. The van der Waals surface area contributed by atoms with Gasteiger partial charge in [0.05, 0.1) is 6.61 Å². The Bertz CT molecular complexity index is 181. The van der Waals surface area contributed by atoms with Gasteiger partial charge in [0.25, 0.3) is 5.91 Å². The predicted octanol–water partition coefficient (Wildman–Crippen LogP) is -1.43. The first-order chi connectivity index (χ1) is 5.34. The quantitative estimate of drug-likeness (QED) is 0.359. The highest BCUT2D eigenvalue weighted by molar-refractivity contribution is 5.82. The van der Waals surface area contributed by atoms with E-state index in [1.807, 2.05) is 5.32 Å². The third-order valence-electron chi connectivity index (χ3n) is 1.40. The molecule has 1 heterocycles. The van der Waals surface area contributed by atoms with E-state index in [0.717, 1.165) is 6.54 Å². The van der Waals surface area contributed by atoms with Crippen LogP contribution < -0.4 is 10.6 Å². The molecule has 1 unspecified atom stereocenters. The zero-order valence-electron chi connectivity index (χ0n) is 5.96. The zero-order valence-corrected chi connectivity index (χ0v) is 5.96. The van der Waals surface area contributed by atoms with Crippen LogP contribution in [-0.4, -0.2) is 31.7 Å². The average Bonchev–Trinajstić information content (AvgIpc) is 2.07. The van der Waals surface area contributed by atoms with Gasteiger partial charge < -0.3 is 10.1 Å². The van der Waals surface area contributed by atoms with Crippen LogP contribution in [0.15, 0.2) is 0 Å². The summed E-state index contributed by atoms with van der Waals surface area (Å²) in [6.07, 6.45) is 1.05. The van der Waals surface area contributed by atoms with Crippen LogP contribution in [0.4, 0.5) is 0 Å². The summed E-state index contributed by atoms with van der Waals surface area (Å²) in [5.74, 6) is -0.375. The van der Waals surface area contributed by atoms with Crippen LogP contribution in [0, 0.1) is 11.5 Å². The number of morpholine rings is 1. The Morgan fingerprint density at radius 2 is 2.64 bits per heavy atom. The van der Waals surface area contributed by atoms with Crippen molar-refractivity contribution in [2.75, 3.05) is 19.7 Å². The van der Waals surface area contributed by atoms with Crippen molar-refractivity contribution >= 4 is 5.91 Å². The van der Waals surface area contributed by atoms with Crippen molar-refractivity contribution in [1.29, 1.82) is 5.26 Å². The van der Waals surface area contributed by atoms with E-state index in [1.165, 1.54) is 0 Å². The Hall–Kier alpha value is -1.12. The molecular formula is C6H9N3O2. The highest BCUT2D eigenvalue weighted by Gasteiger charge is 2.20. The normalized spacial score (nSPS) is 23.7. The number of nitrogens with one attached hydrogen (secondary N) is 2. The number of carbonyl (C=O) groups is 1. The van der Waals surface area contributed by atoms with Crippen molar-refractivity contribution in [1.82, 2.24) is 10.6 Å². The van der Waals surface area contributed by atoms with Crippen LogP contribution in [0.25, 0.3) is 0 Å². The Morgan fingerprint density at radius 1 is 1.82 bits per heavy atom. The van der Waals surface area contributed by atoms with E-state index in [-0.39, 0.29) is 5.91 Å². The summed E-state index contributed by atoms with van der Waals surface area (Å²) in [5.41, 5.74) is 0. The van der Waals surface area contributed by atoms with Crippen molar-refractivity contribution < 1.29 is 9.53 Å². The first kappa shape index (κ1) is 7.98. The lowest BCUT2D eigenvalue weighted by molar-refractivity contribution is -0.132. The average molecular weight is 155 g/mol. The van der Waals surface area contributed by atoms with E-state index in [2.05, 4.69) is 5.32 Å². The number of amides is 1. The number of hydrogen-bond acceptors (Lipinski definition) is 4. The van der Waals surface area contributed by atoms with Gasteiger partial charge in [-0.1, -0.05) is 0 Å². The third-order valence-corrected chi connectivity index (χ3v) is 1.40. The largest absolute Gasteiger partial charge is 0.366 e. The maximum absolute atomic E-state index is 10.9. The summed E-state index contributed by atoms with van der Waals surface area (Å²) in [4.78, 5) is 10.9. The van der Waals surface area contributed by atoms with Gasteiger partial charge in [-0.3, -0.25) is 10.1 Å². The smallest absolute Gasteiger partial charge is 0.263 e. The summed E-state index contributed by atoms with van der Waals surface area (Å²) in [6, 6.07) is 0. The lowest BCUT2D eigenvalue weighted by atomic mass is 10.3. The van der Waals surface area contributed by atoms with E-state index < -0.39 is 6.10 Å². The van der Waals surface area contributed by atoms with Gasteiger partial charge in [-0.25, -0.2) is 0 Å². The summed E-state index contributed by atoms with van der Waals surface area (Å²) >= 11 is 0. The van der Waals surface area contributed by atoms with Gasteiger partial charge in [-0.2, -0.15) is 5.26 Å². The lowest BCUT2D eigenvalue weighted by Gasteiger charge is -2.21.